The number of hydrogen-bond acceptors (Lipinski definition) is 4. The van der Waals surface area contributed by atoms with Crippen molar-refractivity contribution in [2.45, 2.75) is 6.92 Å². The standard InChI is InChI=1S/C18H12N2O2/c1-12-2-5-14-9-15(10-19)18(20-17(14)8-12)22-16-6-3-13(11-21)4-7-16/h2-9,11H,1H3. The zero-order valence-corrected chi connectivity index (χ0v) is 11.9. The fourth-order valence-corrected chi connectivity index (χ4v) is 2.14. The summed E-state index contributed by atoms with van der Waals surface area (Å²) in [6.45, 7) is 1.98. The molecule has 0 spiro atoms. The molecule has 3 rings (SSSR count). The van der Waals surface area contributed by atoms with Crippen LogP contribution in [0, 0.1) is 18.3 Å². The maximum atomic E-state index is 10.7. The number of carbonyl (C=O) groups excluding carboxylic acids is 1. The highest BCUT2D eigenvalue weighted by Gasteiger charge is 2.09. The quantitative estimate of drug-likeness (QED) is 0.683. The smallest absolute Gasteiger partial charge is 0.237 e. The largest absolute Gasteiger partial charge is 0.438 e. The molecule has 1 aromatic heterocycles. The molecule has 0 aliphatic carbocycles. The second-order valence-corrected chi connectivity index (χ2v) is 4.94. The van der Waals surface area contributed by atoms with Gasteiger partial charge >= 0.3 is 0 Å². The van der Waals surface area contributed by atoms with Crippen LogP contribution >= 0.6 is 0 Å². The van der Waals surface area contributed by atoms with Gasteiger partial charge in [0.2, 0.25) is 5.88 Å². The van der Waals surface area contributed by atoms with Gasteiger partial charge in [-0.3, -0.25) is 4.79 Å². The lowest BCUT2D eigenvalue weighted by atomic mass is 10.1. The first-order valence-corrected chi connectivity index (χ1v) is 6.74. The number of pyridine rings is 1. The summed E-state index contributed by atoms with van der Waals surface area (Å²) in [6.07, 6.45) is 0.765. The summed E-state index contributed by atoms with van der Waals surface area (Å²) < 4.78 is 5.70. The Morgan fingerprint density at radius 2 is 1.91 bits per heavy atom. The molecule has 0 bridgehead atoms. The van der Waals surface area contributed by atoms with Crippen LogP contribution in [0.3, 0.4) is 0 Å². The van der Waals surface area contributed by atoms with E-state index in [0.717, 1.165) is 22.8 Å². The Morgan fingerprint density at radius 1 is 1.14 bits per heavy atom. The van der Waals surface area contributed by atoms with Crippen molar-refractivity contribution in [3.8, 4) is 17.7 Å². The molecule has 3 aromatic rings. The molecule has 0 amide bonds. The Balaban J connectivity index is 2.04. The molecule has 0 unspecified atom stereocenters. The zero-order chi connectivity index (χ0) is 15.5. The van der Waals surface area contributed by atoms with Gasteiger partial charge in [0.25, 0.3) is 0 Å². The first-order chi connectivity index (χ1) is 10.7. The Bertz CT molecular complexity index is 893. The minimum atomic E-state index is 0.263. The van der Waals surface area contributed by atoms with Crippen LogP contribution in [0.25, 0.3) is 10.9 Å². The monoisotopic (exact) mass is 288 g/mol. The minimum Gasteiger partial charge on any atom is -0.438 e. The number of nitrogens with zero attached hydrogens (tertiary/aromatic N) is 2. The van der Waals surface area contributed by atoms with E-state index in [0.29, 0.717) is 16.9 Å². The third kappa shape index (κ3) is 2.65. The van der Waals surface area contributed by atoms with Gasteiger partial charge in [0, 0.05) is 10.9 Å². The van der Waals surface area contributed by atoms with Crippen molar-refractivity contribution in [2.75, 3.05) is 0 Å². The molecule has 22 heavy (non-hydrogen) atoms. The number of aldehydes is 1. The molecule has 0 saturated heterocycles. The number of nitriles is 1. The second kappa shape index (κ2) is 5.66. The number of aromatic nitrogens is 1. The summed E-state index contributed by atoms with van der Waals surface area (Å²) >= 11 is 0. The van der Waals surface area contributed by atoms with E-state index >= 15 is 0 Å². The molecular formula is C18H12N2O2. The van der Waals surface area contributed by atoms with Gasteiger partial charge in [0.15, 0.2) is 0 Å². The molecule has 0 aliphatic heterocycles. The number of carbonyl (C=O) groups is 1. The lowest BCUT2D eigenvalue weighted by Crippen LogP contribution is -1.94. The average Bonchev–Trinajstić information content (AvgIpc) is 2.55. The highest BCUT2D eigenvalue weighted by molar-refractivity contribution is 5.81. The second-order valence-electron chi connectivity index (χ2n) is 4.94. The first-order valence-electron chi connectivity index (χ1n) is 6.74. The number of aryl methyl sites for hydroxylation is 1. The summed E-state index contributed by atoms with van der Waals surface area (Å²) in [4.78, 5) is 15.1. The van der Waals surface area contributed by atoms with Crippen molar-refractivity contribution in [3.05, 3.63) is 65.2 Å². The predicted molar refractivity (Wildman–Crippen MR) is 83.1 cm³/mol. The zero-order valence-electron chi connectivity index (χ0n) is 11.9. The molecular weight excluding hydrogens is 276 g/mol. The number of rotatable bonds is 3. The highest BCUT2D eigenvalue weighted by Crippen LogP contribution is 2.27. The van der Waals surface area contributed by atoms with E-state index in [2.05, 4.69) is 11.1 Å². The molecule has 4 nitrogen and oxygen atoms in total. The first kappa shape index (κ1) is 13.8. The highest BCUT2D eigenvalue weighted by atomic mass is 16.5. The number of ether oxygens (including phenoxy) is 1. The van der Waals surface area contributed by atoms with Gasteiger partial charge in [0.05, 0.1) is 5.52 Å². The van der Waals surface area contributed by atoms with Gasteiger partial charge in [-0.2, -0.15) is 5.26 Å². The summed E-state index contributed by atoms with van der Waals surface area (Å²) in [5, 5.41) is 10.2. The normalized spacial score (nSPS) is 10.2. The molecule has 0 atom stereocenters. The van der Waals surface area contributed by atoms with Gasteiger partial charge in [-0.15, -0.1) is 0 Å². The van der Waals surface area contributed by atoms with Crippen LogP contribution in [0.2, 0.25) is 0 Å². The minimum absolute atomic E-state index is 0.263. The Hall–Kier alpha value is -3.19. The molecule has 0 fully saturated rings. The van der Waals surface area contributed by atoms with E-state index in [1.165, 1.54) is 0 Å². The maximum absolute atomic E-state index is 10.7. The summed E-state index contributed by atoms with van der Waals surface area (Å²) in [7, 11) is 0. The Kier molecular flexibility index (Phi) is 3.55. The summed E-state index contributed by atoms with van der Waals surface area (Å²) in [6, 6.07) is 16.4. The fraction of sp³-hybridized carbons (Fsp3) is 0.0556. The third-order valence-electron chi connectivity index (χ3n) is 3.29. The van der Waals surface area contributed by atoms with Crippen LogP contribution in [0.15, 0.2) is 48.5 Å². The van der Waals surface area contributed by atoms with Crippen molar-refractivity contribution in [3.63, 3.8) is 0 Å². The van der Waals surface area contributed by atoms with E-state index in [1.807, 2.05) is 25.1 Å². The van der Waals surface area contributed by atoms with Crippen LogP contribution in [0.5, 0.6) is 11.6 Å². The molecule has 106 valence electrons. The van der Waals surface area contributed by atoms with Crippen LogP contribution in [-0.2, 0) is 0 Å². The van der Waals surface area contributed by atoms with Gasteiger partial charge in [-0.25, -0.2) is 4.98 Å². The lowest BCUT2D eigenvalue weighted by Gasteiger charge is -2.08. The Morgan fingerprint density at radius 3 is 2.59 bits per heavy atom. The SMILES string of the molecule is Cc1ccc2cc(C#N)c(Oc3ccc(C=O)cc3)nc2c1. The molecule has 0 saturated carbocycles. The van der Waals surface area contributed by atoms with E-state index in [4.69, 9.17) is 4.74 Å². The number of hydrogen-bond donors (Lipinski definition) is 0. The van der Waals surface area contributed by atoms with Crippen LogP contribution in [-0.4, -0.2) is 11.3 Å². The van der Waals surface area contributed by atoms with Crippen molar-refractivity contribution < 1.29 is 9.53 Å². The lowest BCUT2D eigenvalue weighted by molar-refractivity contribution is 0.112. The molecule has 0 radical (unpaired) electrons. The summed E-state index contributed by atoms with van der Waals surface area (Å²) in [5.41, 5.74) is 2.80. The molecule has 0 N–H and O–H groups in total. The third-order valence-corrected chi connectivity index (χ3v) is 3.29. The van der Waals surface area contributed by atoms with Crippen LogP contribution in [0.1, 0.15) is 21.5 Å². The molecule has 1 heterocycles. The van der Waals surface area contributed by atoms with Crippen molar-refractivity contribution in [1.29, 1.82) is 5.26 Å². The average molecular weight is 288 g/mol. The van der Waals surface area contributed by atoms with Crippen LogP contribution in [0.4, 0.5) is 0 Å². The van der Waals surface area contributed by atoms with Gasteiger partial charge < -0.3 is 4.74 Å². The molecule has 0 aliphatic rings. The van der Waals surface area contributed by atoms with E-state index in [-0.39, 0.29) is 5.88 Å². The maximum Gasteiger partial charge on any atom is 0.237 e. The van der Waals surface area contributed by atoms with Crippen molar-refractivity contribution in [1.82, 2.24) is 4.98 Å². The summed E-state index contributed by atoms with van der Waals surface area (Å²) in [5.74, 6) is 0.793. The number of fused-ring (bicyclic) bond motifs is 1. The van der Waals surface area contributed by atoms with Crippen molar-refractivity contribution >= 4 is 17.2 Å². The Labute approximate surface area is 127 Å². The fourth-order valence-electron chi connectivity index (χ4n) is 2.14. The predicted octanol–water partition coefficient (Wildman–Crippen LogP) is 4.02. The van der Waals surface area contributed by atoms with Crippen LogP contribution < -0.4 is 4.74 Å². The molecule has 4 heteroatoms. The van der Waals surface area contributed by atoms with Gasteiger partial charge in [-0.05, 0) is 48.9 Å². The van der Waals surface area contributed by atoms with Gasteiger partial charge in [0.1, 0.15) is 23.7 Å². The topological polar surface area (TPSA) is 63.0 Å². The van der Waals surface area contributed by atoms with Gasteiger partial charge in [-0.1, -0.05) is 12.1 Å². The number of benzene rings is 2. The van der Waals surface area contributed by atoms with Crippen molar-refractivity contribution in [2.24, 2.45) is 0 Å². The van der Waals surface area contributed by atoms with E-state index in [9.17, 15) is 10.1 Å². The van der Waals surface area contributed by atoms with E-state index < -0.39 is 0 Å². The molecule has 2 aromatic carbocycles. The van der Waals surface area contributed by atoms with E-state index in [1.54, 1.807) is 30.3 Å².